The van der Waals surface area contributed by atoms with Crippen LogP contribution in [0.15, 0.2) is 42.5 Å². The van der Waals surface area contributed by atoms with E-state index in [4.69, 9.17) is 0 Å². The molecule has 0 bridgehead atoms. The molecule has 0 fully saturated rings. The normalized spacial score (nSPS) is 14.1. The Morgan fingerprint density at radius 2 is 1.35 bits per heavy atom. The molecule has 106 valence electrons. The second-order valence-electron chi connectivity index (χ2n) is 5.51. The highest BCUT2D eigenvalue weighted by molar-refractivity contribution is 5.31. The molecule has 2 aromatic rings. The van der Waals surface area contributed by atoms with E-state index < -0.39 is 0 Å². The lowest BCUT2D eigenvalue weighted by Gasteiger charge is -2.21. The predicted octanol–water partition coefficient (Wildman–Crippen LogP) is 4.85. The Labute approximate surface area is 120 Å². The molecule has 0 aliphatic carbocycles. The summed E-state index contributed by atoms with van der Waals surface area (Å²) in [5, 5.41) is 3.56. The Bertz CT molecular complexity index is 574. The largest absolute Gasteiger partial charge is 0.304 e. The van der Waals surface area contributed by atoms with Crippen molar-refractivity contribution in [3.8, 4) is 0 Å². The summed E-state index contributed by atoms with van der Waals surface area (Å²) in [4.78, 5) is 0. The number of hydrogen-bond donors (Lipinski definition) is 1. The van der Waals surface area contributed by atoms with Gasteiger partial charge in [-0.05, 0) is 62.1 Å². The van der Waals surface area contributed by atoms with Crippen LogP contribution in [0, 0.1) is 19.7 Å². The van der Waals surface area contributed by atoms with E-state index in [2.05, 4.69) is 51.2 Å². The van der Waals surface area contributed by atoms with Gasteiger partial charge in [-0.2, -0.15) is 0 Å². The van der Waals surface area contributed by atoms with Crippen LogP contribution < -0.4 is 5.32 Å². The minimum Gasteiger partial charge on any atom is -0.304 e. The predicted molar refractivity (Wildman–Crippen MR) is 82.3 cm³/mol. The average Bonchev–Trinajstić information content (AvgIpc) is 2.42. The van der Waals surface area contributed by atoms with Crippen LogP contribution >= 0.6 is 0 Å². The monoisotopic (exact) mass is 271 g/mol. The fourth-order valence-corrected chi connectivity index (χ4v) is 2.35. The molecule has 2 atom stereocenters. The maximum Gasteiger partial charge on any atom is 0.123 e. The van der Waals surface area contributed by atoms with Crippen molar-refractivity contribution in [1.29, 1.82) is 0 Å². The summed E-state index contributed by atoms with van der Waals surface area (Å²) < 4.78 is 12.9. The summed E-state index contributed by atoms with van der Waals surface area (Å²) in [6, 6.07) is 13.7. The minimum absolute atomic E-state index is 0.187. The summed E-state index contributed by atoms with van der Waals surface area (Å²) in [6.45, 7) is 8.52. The van der Waals surface area contributed by atoms with Crippen molar-refractivity contribution < 1.29 is 4.39 Å². The highest BCUT2D eigenvalue weighted by atomic mass is 19.1. The second kappa shape index (κ2) is 6.19. The van der Waals surface area contributed by atoms with Crippen LogP contribution in [0.1, 0.15) is 48.2 Å². The molecule has 2 aromatic carbocycles. The molecule has 0 radical (unpaired) electrons. The Morgan fingerprint density at radius 1 is 0.800 bits per heavy atom. The van der Waals surface area contributed by atoms with E-state index in [1.807, 2.05) is 12.1 Å². The molecule has 1 nitrogen and oxygen atoms in total. The molecule has 0 aromatic heterocycles. The van der Waals surface area contributed by atoms with Crippen LogP contribution in [0.3, 0.4) is 0 Å². The van der Waals surface area contributed by atoms with Crippen molar-refractivity contribution in [2.24, 2.45) is 0 Å². The fourth-order valence-electron chi connectivity index (χ4n) is 2.35. The molecule has 0 aliphatic heterocycles. The first-order chi connectivity index (χ1) is 9.47. The summed E-state index contributed by atoms with van der Waals surface area (Å²) in [5.41, 5.74) is 5.00. The van der Waals surface area contributed by atoms with Crippen molar-refractivity contribution in [2.75, 3.05) is 0 Å². The van der Waals surface area contributed by atoms with Gasteiger partial charge in [0.25, 0.3) is 0 Å². The number of aryl methyl sites for hydroxylation is 2. The molecular formula is C18H22FN. The summed E-state index contributed by atoms with van der Waals surface area (Å²) in [6.07, 6.45) is 0. The van der Waals surface area contributed by atoms with Gasteiger partial charge in [0.15, 0.2) is 0 Å². The molecule has 20 heavy (non-hydrogen) atoms. The number of benzene rings is 2. The first-order valence-corrected chi connectivity index (χ1v) is 7.06. The van der Waals surface area contributed by atoms with Gasteiger partial charge in [-0.25, -0.2) is 4.39 Å². The van der Waals surface area contributed by atoms with E-state index in [0.29, 0.717) is 0 Å². The molecular weight excluding hydrogens is 249 g/mol. The molecule has 0 spiro atoms. The molecule has 1 N–H and O–H groups in total. The van der Waals surface area contributed by atoms with E-state index in [9.17, 15) is 4.39 Å². The Balaban J connectivity index is 2.08. The van der Waals surface area contributed by atoms with Crippen molar-refractivity contribution >= 4 is 0 Å². The van der Waals surface area contributed by atoms with Gasteiger partial charge in [0.05, 0.1) is 0 Å². The zero-order valence-corrected chi connectivity index (χ0v) is 12.6. The molecule has 0 saturated heterocycles. The third-order valence-corrected chi connectivity index (χ3v) is 3.90. The number of nitrogens with one attached hydrogen (secondary N) is 1. The van der Waals surface area contributed by atoms with Crippen LogP contribution in [0.5, 0.6) is 0 Å². The fraction of sp³-hybridized carbons (Fsp3) is 0.333. The van der Waals surface area contributed by atoms with Gasteiger partial charge in [-0.1, -0.05) is 30.3 Å². The second-order valence-corrected chi connectivity index (χ2v) is 5.51. The molecule has 0 amide bonds. The zero-order chi connectivity index (χ0) is 14.7. The highest BCUT2D eigenvalue weighted by Gasteiger charge is 2.11. The highest BCUT2D eigenvalue weighted by Crippen LogP contribution is 2.21. The Kier molecular flexibility index (Phi) is 4.56. The van der Waals surface area contributed by atoms with Crippen LogP contribution in [-0.2, 0) is 0 Å². The third kappa shape index (κ3) is 3.45. The topological polar surface area (TPSA) is 12.0 Å². The SMILES string of the molecule is Cc1ccc(C(C)NC(C)c2ccc(F)cc2)cc1C. The first-order valence-electron chi connectivity index (χ1n) is 7.06. The van der Waals surface area contributed by atoms with E-state index in [1.165, 1.54) is 28.8 Å². The lowest BCUT2D eigenvalue weighted by molar-refractivity contribution is 0.493. The van der Waals surface area contributed by atoms with Gasteiger partial charge >= 0.3 is 0 Å². The van der Waals surface area contributed by atoms with E-state index in [1.54, 1.807) is 0 Å². The van der Waals surface area contributed by atoms with E-state index in [0.717, 1.165) is 5.56 Å². The van der Waals surface area contributed by atoms with E-state index in [-0.39, 0.29) is 17.9 Å². The number of hydrogen-bond acceptors (Lipinski definition) is 1. The van der Waals surface area contributed by atoms with Crippen molar-refractivity contribution in [3.63, 3.8) is 0 Å². The van der Waals surface area contributed by atoms with Gasteiger partial charge in [0.1, 0.15) is 5.82 Å². The molecule has 0 saturated carbocycles. The van der Waals surface area contributed by atoms with Gasteiger partial charge in [0, 0.05) is 12.1 Å². The van der Waals surface area contributed by atoms with Crippen molar-refractivity contribution in [2.45, 2.75) is 39.8 Å². The van der Waals surface area contributed by atoms with Gasteiger partial charge < -0.3 is 5.32 Å². The standard InChI is InChI=1S/C18H22FN/c1-12-5-6-17(11-13(12)2)15(4)20-14(3)16-7-9-18(19)10-8-16/h5-11,14-15,20H,1-4H3. The molecule has 0 aliphatic rings. The summed E-state index contributed by atoms with van der Waals surface area (Å²) in [7, 11) is 0. The summed E-state index contributed by atoms with van der Waals surface area (Å²) >= 11 is 0. The van der Waals surface area contributed by atoms with E-state index >= 15 is 0 Å². The minimum atomic E-state index is -0.192. The smallest absolute Gasteiger partial charge is 0.123 e. The molecule has 2 heteroatoms. The lowest BCUT2D eigenvalue weighted by atomic mass is 10.0. The van der Waals surface area contributed by atoms with Crippen molar-refractivity contribution in [3.05, 3.63) is 70.5 Å². The zero-order valence-electron chi connectivity index (χ0n) is 12.6. The maximum absolute atomic E-state index is 12.9. The third-order valence-electron chi connectivity index (χ3n) is 3.90. The molecule has 0 heterocycles. The van der Waals surface area contributed by atoms with Crippen LogP contribution in [0.2, 0.25) is 0 Å². The van der Waals surface area contributed by atoms with Crippen molar-refractivity contribution in [1.82, 2.24) is 5.32 Å². The van der Waals surface area contributed by atoms with Crippen LogP contribution in [0.25, 0.3) is 0 Å². The Morgan fingerprint density at radius 3 is 1.95 bits per heavy atom. The van der Waals surface area contributed by atoms with Crippen LogP contribution in [0.4, 0.5) is 4.39 Å². The average molecular weight is 271 g/mol. The van der Waals surface area contributed by atoms with Gasteiger partial charge in [-0.15, -0.1) is 0 Å². The van der Waals surface area contributed by atoms with Gasteiger partial charge in [0.2, 0.25) is 0 Å². The maximum atomic E-state index is 12.9. The summed E-state index contributed by atoms with van der Waals surface area (Å²) in [5.74, 6) is -0.192. The first kappa shape index (κ1) is 14.7. The van der Waals surface area contributed by atoms with Crippen LogP contribution in [-0.4, -0.2) is 0 Å². The quantitative estimate of drug-likeness (QED) is 0.837. The number of rotatable bonds is 4. The lowest BCUT2D eigenvalue weighted by Crippen LogP contribution is -2.22. The molecule has 2 unspecified atom stereocenters. The number of halogens is 1. The molecule has 2 rings (SSSR count). The van der Waals surface area contributed by atoms with Gasteiger partial charge in [-0.3, -0.25) is 0 Å². The Hall–Kier alpha value is -1.67.